The van der Waals surface area contributed by atoms with Crippen molar-refractivity contribution >= 4 is 29.9 Å². The zero-order chi connectivity index (χ0) is 16.5. The Kier molecular flexibility index (Phi) is 6.04. The third kappa shape index (κ3) is 4.34. The fourth-order valence-corrected chi connectivity index (χ4v) is 3.17. The first-order valence-electron chi connectivity index (χ1n) is 8.13. The molecule has 2 N–H and O–H groups in total. The molecule has 2 fully saturated rings. The second-order valence-corrected chi connectivity index (χ2v) is 6.58. The SMILES string of the molecule is I.NC(=NCC1(c2cccc(C(F)(F)F)c2)CC1)N1CCCCC1. The lowest BCUT2D eigenvalue weighted by atomic mass is 9.94. The molecule has 3 nitrogen and oxygen atoms in total. The zero-order valence-electron chi connectivity index (χ0n) is 13.5. The van der Waals surface area contributed by atoms with Crippen molar-refractivity contribution in [1.29, 1.82) is 0 Å². The summed E-state index contributed by atoms with van der Waals surface area (Å²) in [5.74, 6) is 0.531. The Bertz CT molecular complexity index is 591. The molecule has 1 aromatic carbocycles. The number of guanidine groups is 1. The molecule has 24 heavy (non-hydrogen) atoms. The third-order valence-electron chi connectivity index (χ3n) is 4.88. The molecule has 1 aliphatic carbocycles. The van der Waals surface area contributed by atoms with Gasteiger partial charge in [0.25, 0.3) is 0 Å². The van der Waals surface area contributed by atoms with Crippen molar-refractivity contribution in [3.8, 4) is 0 Å². The molecule has 1 heterocycles. The Balaban J connectivity index is 0.00000208. The van der Waals surface area contributed by atoms with E-state index < -0.39 is 11.7 Å². The Labute approximate surface area is 157 Å². The number of nitrogens with two attached hydrogens (primary N) is 1. The largest absolute Gasteiger partial charge is 0.416 e. The highest BCUT2D eigenvalue weighted by Gasteiger charge is 2.45. The van der Waals surface area contributed by atoms with E-state index in [2.05, 4.69) is 9.89 Å². The summed E-state index contributed by atoms with van der Waals surface area (Å²) in [5.41, 5.74) is 5.93. The summed E-state index contributed by atoms with van der Waals surface area (Å²) in [5, 5.41) is 0. The molecule has 0 bridgehead atoms. The van der Waals surface area contributed by atoms with E-state index in [4.69, 9.17) is 5.73 Å². The van der Waals surface area contributed by atoms with Crippen LogP contribution in [0.4, 0.5) is 13.2 Å². The molecule has 0 atom stereocenters. The van der Waals surface area contributed by atoms with Crippen molar-refractivity contribution in [2.45, 2.75) is 43.7 Å². The first kappa shape index (κ1) is 19.3. The number of hydrogen-bond acceptors (Lipinski definition) is 1. The van der Waals surface area contributed by atoms with Crippen molar-refractivity contribution in [3.05, 3.63) is 35.4 Å². The minimum atomic E-state index is -4.30. The van der Waals surface area contributed by atoms with Crippen LogP contribution < -0.4 is 5.73 Å². The van der Waals surface area contributed by atoms with Crippen LogP contribution in [0.2, 0.25) is 0 Å². The topological polar surface area (TPSA) is 41.6 Å². The van der Waals surface area contributed by atoms with Crippen molar-refractivity contribution in [2.24, 2.45) is 10.7 Å². The van der Waals surface area contributed by atoms with Gasteiger partial charge < -0.3 is 10.6 Å². The number of benzene rings is 1. The quantitative estimate of drug-likeness (QED) is 0.425. The van der Waals surface area contributed by atoms with E-state index >= 15 is 0 Å². The Hall–Kier alpha value is -0.990. The molecule has 0 radical (unpaired) electrons. The predicted octanol–water partition coefficient (Wildman–Crippen LogP) is 4.16. The monoisotopic (exact) mass is 453 g/mol. The smallest absolute Gasteiger partial charge is 0.370 e. The van der Waals surface area contributed by atoms with E-state index in [1.807, 2.05) is 0 Å². The van der Waals surface area contributed by atoms with Gasteiger partial charge in [0.05, 0.1) is 12.1 Å². The van der Waals surface area contributed by atoms with Gasteiger partial charge in [-0.25, -0.2) is 0 Å². The second kappa shape index (κ2) is 7.49. The van der Waals surface area contributed by atoms with Crippen LogP contribution in [-0.4, -0.2) is 30.5 Å². The van der Waals surface area contributed by atoms with Gasteiger partial charge in [-0.3, -0.25) is 4.99 Å². The van der Waals surface area contributed by atoms with Crippen molar-refractivity contribution in [1.82, 2.24) is 4.90 Å². The number of hydrogen-bond donors (Lipinski definition) is 1. The van der Waals surface area contributed by atoms with Crippen molar-refractivity contribution in [2.75, 3.05) is 19.6 Å². The summed E-state index contributed by atoms with van der Waals surface area (Å²) in [6, 6.07) is 5.63. The van der Waals surface area contributed by atoms with Crippen LogP contribution in [0, 0.1) is 0 Å². The van der Waals surface area contributed by atoms with E-state index in [1.54, 1.807) is 6.07 Å². The van der Waals surface area contributed by atoms with Gasteiger partial charge in [0.15, 0.2) is 5.96 Å². The van der Waals surface area contributed by atoms with E-state index in [1.165, 1.54) is 18.6 Å². The first-order chi connectivity index (χ1) is 10.9. The highest BCUT2D eigenvalue weighted by Crippen LogP contribution is 2.49. The van der Waals surface area contributed by atoms with Gasteiger partial charge in [0.1, 0.15) is 0 Å². The number of alkyl halides is 3. The van der Waals surface area contributed by atoms with E-state index in [-0.39, 0.29) is 29.4 Å². The summed E-state index contributed by atoms with van der Waals surface area (Å²) in [6.07, 6.45) is 0.889. The van der Waals surface area contributed by atoms with E-state index in [9.17, 15) is 13.2 Å². The fourth-order valence-electron chi connectivity index (χ4n) is 3.17. The number of halogens is 4. The molecule has 0 unspecified atom stereocenters. The molecule has 134 valence electrons. The van der Waals surface area contributed by atoms with Gasteiger partial charge in [-0.1, -0.05) is 18.2 Å². The highest BCUT2D eigenvalue weighted by molar-refractivity contribution is 14.0. The average Bonchev–Trinajstić information content (AvgIpc) is 3.34. The lowest BCUT2D eigenvalue weighted by Crippen LogP contribution is -2.41. The molecule has 0 aromatic heterocycles. The number of piperidine rings is 1. The minimum Gasteiger partial charge on any atom is -0.370 e. The second-order valence-electron chi connectivity index (χ2n) is 6.58. The molecule has 0 amide bonds. The lowest BCUT2D eigenvalue weighted by Gasteiger charge is -2.28. The lowest BCUT2D eigenvalue weighted by molar-refractivity contribution is -0.137. The molecule has 3 rings (SSSR count). The van der Waals surface area contributed by atoms with Gasteiger partial charge in [0, 0.05) is 18.5 Å². The summed E-state index contributed by atoms with van der Waals surface area (Å²) in [6.45, 7) is 2.31. The minimum absolute atomic E-state index is 0. The molecule has 0 spiro atoms. The van der Waals surface area contributed by atoms with Crippen LogP contribution in [0.1, 0.15) is 43.2 Å². The molecular formula is C17H23F3IN3. The molecule has 1 saturated heterocycles. The normalized spacial score (nSPS) is 20.5. The summed E-state index contributed by atoms with van der Waals surface area (Å²) in [4.78, 5) is 6.56. The van der Waals surface area contributed by atoms with E-state index in [0.29, 0.717) is 12.5 Å². The predicted molar refractivity (Wildman–Crippen MR) is 99.7 cm³/mol. The number of rotatable bonds is 3. The Morgan fingerprint density at radius 1 is 1.17 bits per heavy atom. The van der Waals surface area contributed by atoms with Crippen LogP contribution >= 0.6 is 24.0 Å². The van der Waals surface area contributed by atoms with Crippen LogP contribution in [0.3, 0.4) is 0 Å². The van der Waals surface area contributed by atoms with Crippen LogP contribution in [-0.2, 0) is 11.6 Å². The molecule has 1 saturated carbocycles. The summed E-state index contributed by atoms with van der Waals surface area (Å²) in [7, 11) is 0. The van der Waals surface area contributed by atoms with Gasteiger partial charge in [-0.05, 0) is 43.7 Å². The fraction of sp³-hybridized carbons (Fsp3) is 0.588. The first-order valence-corrected chi connectivity index (χ1v) is 8.13. The third-order valence-corrected chi connectivity index (χ3v) is 4.88. The number of likely N-dealkylation sites (tertiary alicyclic amines) is 1. The van der Waals surface area contributed by atoms with Crippen molar-refractivity contribution in [3.63, 3.8) is 0 Å². The molecule has 1 aromatic rings. The molecule has 1 aliphatic heterocycles. The average molecular weight is 453 g/mol. The number of nitrogens with zero attached hydrogens (tertiary/aromatic N) is 2. The summed E-state index contributed by atoms with van der Waals surface area (Å²) < 4.78 is 38.6. The van der Waals surface area contributed by atoms with Gasteiger partial charge >= 0.3 is 6.18 Å². The number of aliphatic imine (C=N–C) groups is 1. The van der Waals surface area contributed by atoms with Gasteiger partial charge in [-0.2, -0.15) is 13.2 Å². The van der Waals surface area contributed by atoms with Gasteiger partial charge in [-0.15, -0.1) is 24.0 Å². The maximum atomic E-state index is 12.9. The van der Waals surface area contributed by atoms with Crippen molar-refractivity contribution < 1.29 is 13.2 Å². The Morgan fingerprint density at radius 2 is 1.83 bits per heavy atom. The molecule has 7 heteroatoms. The van der Waals surface area contributed by atoms with Crippen LogP contribution in [0.5, 0.6) is 0 Å². The maximum absolute atomic E-state index is 12.9. The molecular weight excluding hydrogens is 430 g/mol. The van der Waals surface area contributed by atoms with E-state index in [0.717, 1.165) is 50.4 Å². The zero-order valence-corrected chi connectivity index (χ0v) is 15.8. The summed E-state index contributed by atoms with van der Waals surface area (Å²) >= 11 is 0. The van der Waals surface area contributed by atoms with Crippen LogP contribution in [0.25, 0.3) is 0 Å². The maximum Gasteiger partial charge on any atom is 0.416 e. The molecule has 2 aliphatic rings. The Morgan fingerprint density at radius 3 is 2.42 bits per heavy atom. The van der Waals surface area contributed by atoms with Gasteiger partial charge in [0.2, 0.25) is 0 Å². The standard InChI is InChI=1S/C17H22F3N3.HI/c18-17(19,20)14-6-4-5-13(11-14)16(7-8-16)12-22-15(21)23-9-2-1-3-10-23;/h4-6,11H,1-3,7-10,12H2,(H2,21,22);1H. The highest BCUT2D eigenvalue weighted by atomic mass is 127. The van der Waals surface area contributed by atoms with Crippen LogP contribution in [0.15, 0.2) is 29.3 Å².